The van der Waals surface area contributed by atoms with Gasteiger partial charge in [-0.3, -0.25) is 0 Å². The third-order valence-electron chi connectivity index (χ3n) is 1.95. The first kappa shape index (κ1) is 11.2. The average molecular weight is 174 g/mol. The molecule has 0 fully saturated rings. The predicted octanol–water partition coefficient (Wildman–Crippen LogP) is 1.19. The van der Waals surface area contributed by atoms with Crippen molar-refractivity contribution in [3.05, 3.63) is 0 Å². The Morgan fingerprint density at radius 3 is 2.58 bits per heavy atom. The molecule has 0 aliphatic heterocycles. The average Bonchev–Trinajstić information content (AvgIpc) is 2.03. The summed E-state index contributed by atoms with van der Waals surface area (Å²) in [6, 6.07) is 0. The fourth-order valence-corrected chi connectivity index (χ4v) is 0.922. The minimum atomic E-state index is -0.243. The molecule has 0 aliphatic rings. The maximum Gasteiger partial charge on any atom is 0.144 e. The Hall–Kier alpha value is -0.770. The summed E-state index contributed by atoms with van der Waals surface area (Å²) in [6.07, 6.45) is 1.77. The molecule has 0 amide bonds. The van der Waals surface area contributed by atoms with E-state index in [1.54, 1.807) is 7.11 Å². The molecule has 0 atom stereocenters. The van der Waals surface area contributed by atoms with E-state index in [2.05, 4.69) is 5.16 Å². The fourth-order valence-electron chi connectivity index (χ4n) is 0.922. The molecular formula is C8H18N2O2. The molecule has 4 nitrogen and oxygen atoms in total. The van der Waals surface area contributed by atoms with Crippen LogP contribution in [0.15, 0.2) is 5.16 Å². The van der Waals surface area contributed by atoms with Crippen LogP contribution < -0.4 is 5.73 Å². The second-order valence-corrected chi connectivity index (χ2v) is 3.47. The summed E-state index contributed by atoms with van der Waals surface area (Å²) in [5.41, 5.74) is 5.25. The number of hydrogen-bond donors (Lipinski definition) is 2. The molecule has 72 valence electrons. The zero-order chi connectivity index (χ0) is 9.61. The van der Waals surface area contributed by atoms with Crippen LogP contribution in [0.1, 0.15) is 26.7 Å². The second kappa shape index (κ2) is 4.98. The molecule has 0 heterocycles. The summed E-state index contributed by atoms with van der Waals surface area (Å²) in [6.45, 7) is 4.59. The quantitative estimate of drug-likeness (QED) is 0.216. The molecule has 0 aromatic rings. The molecule has 0 bridgehead atoms. The predicted molar refractivity (Wildman–Crippen MR) is 48.3 cm³/mol. The number of nitrogens with two attached hydrogens (primary N) is 1. The summed E-state index contributed by atoms with van der Waals surface area (Å²) in [7, 11) is 1.66. The molecule has 0 saturated heterocycles. The molecule has 0 spiro atoms. The van der Waals surface area contributed by atoms with E-state index in [1.807, 2.05) is 13.8 Å². The number of hydrogen-bond acceptors (Lipinski definition) is 3. The lowest BCUT2D eigenvalue weighted by atomic mass is 9.87. The molecule has 0 aliphatic carbocycles. The van der Waals surface area contributed by atoms with Crippen LogP contribution in [0.2, 0.25) is 0 Å². The first-order valence-electron chi connectivity index (χ1n) is 4.01. The summed E-state index contributed by atoms with van der Waals surface area (Å²) in [4.78, 5) is 0. The van der Waals surface area contributed by atoms with E-state index in [4.69, 9.17) is 15.7 Å². The number of nitrogens with zero attached hydrogens (tertiary/aromatic N) is 1. The second-order valence-electron chi connectivity index (χ2n) is 3.47. The van der Waals surface area contributed by atoms with Crippen LogP contribution in [0.3, 0.4) is 0 Å². The monoisotopic (exact) mass is 174 g/mol. The highest BCUT2D eigenvalue weighted by Crippen LogP contribution is 2.21. The van der Waals surface area contributed by atoms with Crippen molar-refractivity contribution in [3.63, 3.8) is 0 Å². The van der Waals surface area contributed by atoms with E-state index in [0.717, 1.165) is 12.8 Å². The van der Waals surface area contributed by atoms with Crippen molar-refractivity contribution < 1.29 is 9.94 Å². The zero-order valence-electron chi connectivity index (χ0n) is 8.00. The zero-order valence-corrected chi connectivity index (χ0v) is 8.00. The Balaban J connectivity index is 3.87. The third kappa shape index (κ3) is 3.57. The van der Waals surface area contributed by atoms with Crippen molar-refractivity contribution in [2.45, 2.75) is 26.7 Å². The highest BCUT2D eigenvalue weighted by molar-refractivity contribution is 5.85. The van der Waals surface area contributed by atoms with Crippen LogP contribution in [0.4, 0.5) is 0 Å². The number of rotatable bonds is 5. The Morgan fingerprint density at radius 2 is 2.17 bits per heavy atom. The maximum absolute atomic E-state index is 8.46. The van der Waals surface area contributed by atoms with E-state index >= 15 is 0 Å². The van der Waals surface area contributed by atoms with Crippen molar-refractivity contribution >= 4 is 5.84 Å². The van der Waals surface area contributed by atoms with Gasteiger partial charge in [0, 0.05) is 19.1 Å². The third-order valence-corrected chi connectivity index (χ3v) is 1.95. The standard InChI is InChI=1S/C8H18N2O2/c1-8(2,7(9)10-11)5-4-6-12-3/h11H,4-6H2,1-3H3,(H2,9,10). The van der Waals surface area contributed by atoms with Crippen molar-refractivity contribution in [2.75, 3.05) is 13.7 Å². The topological polar surface area (TPSA) is 67.8 Å². The highest BCUT2D eigenvalue weighted by atomic mass is 16.5. The summed E-state index contributed by atoms with van der Waals surface area (Å²) in [5, 5.41) is 11.5. The Labute approximate surface area is 73.4 Å². The van der Waals surface area contributed by atoms with Gasteiger partial charge in [0.15, 0.2) is 0 Å². The molecule has 0 saturated carbocycles. The lowest BCUT2D eigenvalue weighted by molar-refractivity contribution is 0.184. The Kier molecular flexibility index (Phi) is 4.66. The Bertz CT molecular complexity index is 155. The highest BCUT2D eigenvalue weighted by Gasteiger charge is 2.22. The van der Waals surface area contributed by atoms with Gasteiger partial charge in [0.25, 0.3) is 0 Å². The van der Waals surface area contributed by atoms with Gasteiger partial charge in [0.1, 0.15) is 5.84 Å². The van der Waals surface area contributed by atoms with E-state index in [1.165, 1.54) is 0 Å². The summed E-state index contributed by atoms with van der Waals surface area (Å²) in [5.74, 6) is 0.276. The van der Waals surface area contributed by atoms with Crippen molar-refractivity contribution in [1.82, 2.24) is 0 Å². The van der Waals surface area contributed by atoms with Gasteiger partial charge in [-0.05, 0) is 12.8 Å². The molecule has 0 aromatic carbocycles. The van der Waals surface area contributed by atoms with Gasteiger partial charge < -0.3 is 15.7 Å². The van der Waals surface area contributed by atoms with Gasteiger partial charge in [0.2, 0.25) is 0 Å². The van der Waals surface area contributed by atoms with Gasteiger partial charge in [-0.25, -0.2) is 0 Å². The van der Waals surface area contributed by atoms with Crippen molar-refractivity contribution in [3.8, 4) is 0 Å². The molecule has 0 aromatic heterocycles. The van der Waals surface area contributed by atoms with Gasteiger partial charge >= 0.3 is 0 Å². The van der Waals surface area contributed by atoms with Crippen LogP contribution >= 0.6 is 0 Å². The van der Waals surface area contributed by atoms with Crippen LogP contribution in [-0.4, -0.2) is 24.8 Å². The van der Waals surface area contributed by atoms with Crippen LogP contribution in [0.25, 0.3) is 0 Å². The molecule has 0 rings (SSSR count). The van der Waals surface area contributed by atoms with Crippen LogP contribution in [-0.2, 0) is 4.74 Å². The SMILES string of the molecule is COCCCC(C)(C)C(N)=NO. The molecule has 0 radical (unpaired) electrons. The summed E-state index contributed by atoms with van der Waals surface area (Å²) >= 11 is 0. The van der Waals surface area contributed by atoms with Crippen molar-refractivity contribution in [1.29, 1.82) is 0 Å². The minimum Gasteiger partial charge on any atom is -0.409 e. The normalized spacial score (nSPS) is 13.4. The van der Waals surface area contributed by atoms with E-state index < -0.39 is 0 Å². The van der Waals surface area contributed by atoms with Crippen LogP contribution in [0.5, 0.6) is 0 Å². The number of oxime groups is 1. The lowest BCUT2D eigenvalue weighted by Crippen LogP contribution is -2.32. The number of methoxy groups -OCH3 is 1. The first-order chi connectivity index (χ1) is 5.54. The van der Waals surface area contributed by atoms with Gasteiger partial charge in [-0.2, -0.15) is 0 Å². The Morgan fingerprint density at radius 1 is 1.58 bits per heavy atom. The summed E-state index contributed by atoms with van der Waals surface area (Å²) < 4.78 is 4.91. The first-order valence-corrected chi connectivity index (χ1v) is 4.01. The van der Waals surface area contributed by atoms with Gasteiger partial charge in [-0.1, -0.05) is 19.0 Å². The van der Waals surface area contributed by atoms with E-state index in [9.17, 15) is 0 Å². The number of amidine groups is 1. The van der Waals surface area contributed by atoms with Crippen LogP contribution in [0, 0.1) is 5.41 Å². The molecular weight excluding hydrogens is 156 g/mol. The minimum absolute atomic E-state index is 0.243. The fraction of sp³-hybridized carbons (Fsp3) is 0.875. The molecule has 4 heteroatoms. The lowest BCUT2D eigenvalue weighted by Gasteiger charge is -2.22. The maximum atomic E-state index is 8.46. The number of ether oxygens (including phenoxy) is 1. The van der Waals surface area contributed by atoms with E-state index in [-0.39, 0.29) is 11.3 Å². The smallest absolute Gasteiger partial charge is 0.144 e. The molecule has 12 heavy (non-hydrogen) atoms. The molecule has 3 N–H and O–H groups in total. The van der Waals surface area contributed by atoms with Gasteiger partial charge in [0.05, 0.1) is 0 Å². The van der Waals surface area contributed by atoms with Gasteiger partial charge in [-0.15, -0.1) is 0 Å². The largest absolute Gasteiger partial charge is 0.409 e. The molecule has 0 unspecified atom stereocenters. The van der Waals surface area contributed by atoms with E-state index in [0.29, 0.717) is 6.61 Å². The van der Waals surface area contributed by atoms with Crippen molar-refractivity contribution in [2.24, 2.45) is 16.3 Å².